The van der Waals surface area contributed by atoms with E-state index in [1.165, 1.54) is 218 Å². The maximum Gasteiger partial charge on any atom is 0.261 e. The topological polar surface area (TPSA) is 40.6 Å². The lowest BCUT2D eigenvalue weighted by Crippen LogP contribution is -2.30. The first-order valence-corrected chi connectivity index (χ1v) is 32.2. The molecule has 2 aliphatic rings. The van der Waals surface area contributed by atoms with Gasteiger partial charge in [0.25, 0.3) is 11.8 Å². The Kier molecular flexibility index (Phi) is 32.0. The number of nitrogens with zero attached hydrogens (tertiary/aromatic N) is 2. The van der Waals surface area contributed by atoms with Crippen molar-refractivity contribution >= 4 is 77.7 Å². The van der Waals surface area contributed by atoms with Gasteiger partial charge in [0.15, 0.2) is 0 Å². The number of carbonyl (C=O) groups is 2. The quantitative estimate of drug-likeness (QED) is 0.0621. The maximum absolute atomic E-state index is 15.0. The molecular formula is C60H98Br2N2O2S2. The van der Waals surface area contributed by atoms with Gasteiger partial charge < -0.3 is 9.80 Å². The second-order valence-electron chi connectivity index (χ2n) is 20.9. The van der Waals surface area contributed by atoms with Gasteiger partial charge in [-0.05, 0) is 80.8 Å². The minimum atomic E-state index is 0.0156. The van der Waals surface area contributed by atoms with Crippen LogP contribution < -0.4 is 0 Å². The molecule has 68 heavy (non-hydrogen) atoms. The molecule has 0 aliphatic carbocycles. The highest BCUT2D eigenvalue weighted by Crippen LogP contribution is 2.49. The largest absolute Gasteiger partial charge is 0.306 e. The zero-order valence-electron chi connectivity index (χ0n) is 44.0. The highest BCUT2D eigenvalue weighted by Gasteiger charge is 2.49. The van der Waals surface area contributed by atoms with Crippen LogP contribution in [0.3, 0.4) is 0 Å². The van der Waals surface area contributed by atoms with E-state index >= 15 is 0 Å². The molecule has 4 heterocycles. The first kappa shape index (κ1) is 59.3. The van der Waals surface area contributed by atoms with E-state index in [0.717, 1.165) is 66.2 Å². The van der Waals surface area contributed by atoms with Gasteiger partial charge in [0.05, 0.1) is 39.9 Å². The summed E-state index contributed by atoms with van der Waals surface area (Å²) in [5.74, 6) is 1.58. The van der Waals surface area contributed by atoms with E-state index in [2.05, 4.69) is 83.8 Å². The zero-order valence-corrected chi connectivity index (χ0v) is 48.8. The molecule has 2 unspecified atom stereocenters. The van der Waals surface area contributed by atoms with E-state index in [0.29, 0.717) is 24.2 Å². The van der Waals surface area contributed by atoms with E-state index in [-0.39, 0.29) is 11.8 Å². The van der Waals surface area contributed by atoms with Crippen molar-refractivity contribution in [3.05, 3.63) is 52.7 Å². The Morgan fingerprint density at radius 3 is 0.868 bits per heavy atom. The Balaban J connectivity index is 1.42. The van der Waals surface area contributed by atoms with Crippen LogP contribution in [-0.4, -0.2) is 34.7 Å². The molecular weight excluding hydrogens is 1000 g/mol. The van der Waals surface area contributed by atoms with Gasteiger partial charge in [0.1, 0.15) is 0 Å². The van der Waals surface area contributed by atoms with Crippen molar-refractivity contribution in [1.82, 2.24) is 9.80 Å². The summed E-state index contributed by atoms with van der Waals surface area (Å²) >= 11 is 10.7. The number of thiophene rings is 2. The molecule has 2 aromatic rings. The van der Waals surface area contributed by atoms with Crippen molar-refractivity contribution < 1.29 is 9.59 Å². The summed E-state index contributed by atoms with van der Waals surface area (Å²) in [5.41, 5.74) is 2.95. The summed E-state index contributed by atoms with van der Waals surface area (Å²) in [7, 11) is 0. The van der Waals surface area contributed by atoms with Crippen LogP contribution in [0.4, 0.5) is 0 Å². The molecule has 4 nitrogen and oxygen atoms in total. The maximum atomic E-state index is 15.0. The zero-order chi connectivity index (χ0) is 48.6. The molecule has 2 aromatic heterocycles. The third-order valence-corrected chi connectivity index (χ3v) is 18.4. The number of carbonyl (C=O) groups excluding carboxylic acids is 2. The lowest BCUT2D eigenvalue weighted by molar-refractivity contribution is -0.124. The van der Waals surface area contributed by atoms with Crippen LogP contribution >= 0.6 is 54.5 Å². The Bertz CT molecular complexity index is 1600. The normalized spacial score (nSPS) is 15.0. The molecule has 2 atom stereocenters. The molecule has 0 bridgehead atoms. The van der Waals surface area contributed by atoms with E-state index < -0.39 is 0 Å². The molecule has 8 heteroatoms. The fraction of sp³-hybridized carbons (Fsp3) is 0.767. The van der Waals surface area contributed by atoms with Crippen molar-refractivity contribution in [2.45, 2.75) is 272 Å². The smallest absolute Gasteiger partial charge is 0.261 e. The summed E-state index contributed by atoms with van der Waals surface area (Å²) in [4.78, 5) is 36.0. The average Bonchev–Trinajstić information content (AvgIpc) is 4.10. The van der Waals surface area contributed by atoms with Crippen molar-refractivity contribution in [3.63, 3.8) is 0 Å². The highest BCUT2D eigenvalue weighted by atomic mass is 79.9. The monoisotopic (exact) mass is 1100 g/mol. The third-order valence-electron chi connectivity index (χ3n) is 15.1. The van der Waals surface area contributed by atoms with Crippen molar-refractivity contribution in [2.24, 2.45) is 11.8 Å². The Labute approximate surface area is 443 Å². The van der Waals surface area contributed by atoms with Crippen LogP contribution in [0.1, 0.15) is 281 Å². The van der Waals surface area contributed by atoms with E-state index in [4.69, 9.17) is 0 Å². The van der Waals surface area contributed by atoms with E-state index in [1.807, 2.05) is 9.80 Å². The van der Waals surface area contributed by atoms with Crippen LogP contribution in [0.5, 0.6) is 0 Å². The van der Waals surface area contributed by atoms with Crippen molar-refractivity contribution in [1.29, 1.82) is 0 Å². The number of hydrogen-bond acceptors (Lipinski definition) is 4. The highest BCUT2D eigenvalue weighted by molar-refractivity contribution is 9.11. The standard InChI is InChI=1S/C60H98Br2N2O2S2/c1-5-9-13-17-21-23-27-31-39-49(37-29-25-19-15-11-7-3)41-33-35-47-63-57(51-43-45-53(61)67-51)55-56(59(63)65)58(52-44-46-54(62)68-52)64(60(55)66)48-36-34-42-50(38-30-26-20-16-12-8-4)40-32-28-24-22-18-14-10-6-2/h43-46,49-50H,5-42,47-48H2,1-4H3. The first-order chi connectivity index (χ1) is 33.3. The Morgan fingerprint density at radius 1 is 0.368 bits per heavy atom. The van der Waals surface area contributed by atoms with Crippen LogP contribution in [0, 0.1) is 11.8 Å². The van der Waals surface area contributed by atoms with Gasteiger partial charge in [0, 0.05) is 13.1 Å². The SMILES string of the molecule is CCCCCCCCCCC(CCCCCCCC)CCCCN1C(=O)C2=C(c3ccc(Br)s3)N(CCCCC(CCCCCCCC)CCCCCCCCCC)C(=O)C2=C1c1ccc(Br)s1. The van der Waals surface area contributed by atoms with Gasteiger partial charge in [-0.1, -0.05) is 259 Å². The second-order valence-corrected chi connectivity index (χ2v) is 25.9. The van der Waals surface area contributed by atoms with Gasteiger partial charge in [-0.2, -0.15) is 0 Å². The number of amides is 2. The van der Waals surface area contributed by atoms with Crippen LogP contribution in [-0.2, 0) is 9.59 Å². The second kappa shape index (κ2) is 36.7. The molecule has 0 saturated carbocycles. The molecule has 2 amide bonds. The third kappa shape index (κ3) is 21.5. The van der Waals surface area contributed by atoms with E-state index in [1.54, 1.807) is 22.7 Å². The van der Waals surface area contributed by atoms with Gasteiger partial charge in [0.2, 0.25) is 0 Å². The van der Waals surface area contributed by atoms with Crippen LogP contribution in [0.2, 0.25) is 0 Å². The summed E-state index contributed by atoms with van der Waals surface area (Å²) in [6.07, 6.45) is 50.4. The molecule has 0 radical (unpaired) electrons. The molecule has 0 saturated heterocycles. The van der Waals surface area contributed by atoms with Crippen molar-refractivity contribution in [2.75, 3.05) is 13.1 Å². The minimum absolute atomic E-state index is 0.0156. The molecule has 0 N–H and O–H groups in total. The minimum Gasteiger partial charge on any atom is -0.306 e. The van der Waals surface area contributed by atoms with Gasteiger partial charge >= 0.3 is 0 Å². The summed E-state index contributed by atoms with van der Waals surface area (Å²) in [6.45, 7) is 10.5. The Hall–Kier alpha value is -1.22. The number of halogens is 2. The number of unbranched alkanes of at least 4 members (excludes halogenated alkanes) is 26. The molecule has 0 fully saturated rings. The fourth-order valence-corrected chi connectivity index (χ4v) is 13.9. The van der Waals surface area contributed by atoms with Crippen molar-refractivity contribution in [3.8, 4) is 0 Å². The lowest BCUT2D eigenvalue weighted by atomic mass is 9.89. The fourth-order valence-electron chi connectivity index (χ4n) is 11.1. The van der Waals surface area contributed by atoms with Gasteiger partial charge in [-0.3, -0.25) is 9.59 Å². The summed E-state index contributed by atoms with van der Waals surface area (Å²) in [5, 5.41) is 0. The first-order valence-electron chi connectivity index (χ1n) is 29.0. The number of fused-ring (bicyclic) bond motifs is 1. The number of rotatable bonds is 44. The van der Waals surface area contributed by atoms with E-state index in [9.17, 15) is 9.59 Å². The predicted molar refractivity (Wildman–Crippen MR) is 306 cm³/mol. The lowest BCUT2D eigenvalue weighted by Gasteiger charge is -2.25. The number of hydrogen-bond donors (Lipinski definition) is 0. The van der Waals surface area contributed by atoms with Crippen LogP contribution in [0.25, 0.3) is 11.4 Å². The molecule has 2 aliphatic heterocycles. The predicted octanol–water partition coefficient (Wildman–Crippen LogP) is 21.3. The molecule has 4 rings (SSSR count). The molecule has 0 aromatic carbocycles. The van der Waals surface area contributed by atoms with Gasteiger partial charge in [-0.25, -0.2) is 0 Å². The van der Waals surface area contributed by atoms with Crippen LogP contribution in [0.15, 0.2) is 43.0 Å². The van der Waals surface area contributed by atoms with Gasteiger partial charge in [-0.15, -0.1) is 22.7 Å². The average molecular weight is 1100 g/mol. The Morgan fingerprint density at radius 2 is 0.618 bits per heavy atom. The summed E-state index contributed by atoms with van der Waals surface area (Å²) in [6, 6.07) is 8.35. The summed E-state index contributed by atoms with van der Waals surface area (Å²) < 4.78 is 2.05. The molecule has 0 spiro atoms. The molecule has 386 valence electrons.